The molecule has 6 nitrogen and oxygen atoms in total. The number of hydrogen-bond acceptors (Lipinski definition) is 4. The molecule has 0 rings (SSSR count). The number of rotatable bonds is 18. The van der Waals surface area contributed by atoms with Crippen LogP contribution in [0, 0.1) is 21.7 Å². The zero-order valence-electron chi connectivity index (χ0n) is 25.2. The van der Waals surface area contributed by atoms with E-state index in [1.165, 1.54) is 0 Å². The molecule has 2 amide bonds. The molecule has 208 valence electrons. The van der Waals surface area contributed by atoms with E-state index in [9.17, 15) is 9.59 Å². The molecule has 0 bridgehead atoms. The Balaban J connectivity index is 4.63. The number of nitrogens with zero attached hydrogens (tertiary/aromatic N) is 1. The summed E-state index contributed by atoms with van der Waals surface area (Å²) in [5.41, 5.74) is 0.653. The molecule has 6 heteroatoms. The van der Waals surface area contributed by atoms with Crippen molar-refractivity contribution in [2.45, 2.75) is 108 Å². The summed E-state index contributed by atoms with van der Waals surface area (Å²) in [6.07, 6.45) is 5.19. The normalized spacial score (nSPS) is 13.3. The van der Waals surface area contributed by atoms with Crippen LogP contribution in [-0.4, -0.2) is 63.0 Å². The predicted octanol–water partition coefficient (Wildman–Crippen LogP) is 5.23. The molecule has 0 aromatic rings. The average Bonchev–Trinajstić information content (AvgIpc) is 2.70. The summed E-state index contributed by atoms with van der Waals surface area (Å²) in [5, 5.41) is 9.47. The van der Waals surface area contributed by atoms with Crippen LogP contribution < -0.4 is 16.0 Å². The summed E-state index contributed by atoms with van der Waals surface area (Å²) in [6, 6.07) is 0. The highest BCUT2D eigenvalue weighted by atomic mass is 16.2. The third-order valence-electron chi connectivity index (χ3n) is 6.66. The molecule has 0 atom stereocenters. The predicted molar refractivity (Wildman–Crippen MR) is 151 cm³/mol. The third kappa shape index (κ3) is 18.7. The largest absolute Gasteiger partial charge is 0.356 e. The smallest absolute Gasteiger partial charge is 0.221 e. The van der Waals surface area contributed by atoms with Gasteiger partial charge in [-0.2, -0.15) is 0 Å². The Morgan fingerprint density at radius 1 is 0.686 bits per heavy atom. The van der Waals surface area contributed by atoms with Crippen LogP contribution in [0.25, 0.3) is 0 Å². The van der Waals surface area contributed by atoms with Crippen molar-refractivity contribution in [3.63, 3.8) is 0 Å². The SMILES string of the molecule is CCC(C)(C)CC(C)(C)CNC(=O)CCN(CCCNC)CCC(=O)NCC(C)(C)CC(C)(C)C. The fourth-order valence-electron chi connectivity index (χ4n) is 5.17. The quantitative estimate of drug-likeness (QED) is 0.227. The highest BCUT2D eigenvalue weighted by Crippen LogP contribution is 2.35. The highest BCUT2D eigenvalue weighted by molar-refractivity contribution is 5.76. The number of carbonyl (C=O) groups is 2. The molecule has 0 saturated carbocycles. The Labute approximate surface area is 218 Å². The van der Waals surface area contributed by atoms with Gasteiger partial charge in [0.1, 0.15) is 0 Å². The van der Waals surface area contributed by atoms with Gasteiger partial charge in [-0.1, -0.05) is 75.7 Å². The first-order chi connectivity index (χ1) is 15.9. The standard InChI is InChI=1S/C29H60N4O2/c1-12-27(5,6)21-29(9,10)23-32-25(35)15-19-33(17-13-16-30-11)18-14-24(34)31-22-28(7,8)20-26(2,3)4/h30H,12-23H2,1-11H3,(H,31,34)(H,32,35). The third-order valence-corrected chi connectivity index (χ3v) is 6.66. The average molecular weight is 497 g/mol. The van der Waals surface area contributed by atoms with E-state index in [-0.39, 0.29) is 33.5 Å². The summed E-state index contributed by atoms with van der Waals surface area (Å²) in [4.78, 5) is 27.4. The lowest BCUT2D eigenvalue weighted by molar-refractivity contribution is -0.122. The lowest BCUT2D eigenvalue weighted by atomic mass is 9.73. The molecule has 0 fully saturated rings. The Morgan fingerprint density at radius 3 is 1.54 bits per heavy atom. The van der Waals surface area contributed by atoms with Crippen LogP contribution in [-0.2, 0) is 9.59 Å². The minimum absolute atomic E-state index is 0.0681. The monoisotopic (exact) mass is 496 g/mol. The Morgan fingerprint density at radius 2 is 1.14 bits per heavy atom. The Kier molecular flexibility index (Phi) is 14.7. The van der Waals surface area contributed by atoms with Crippen LogP contribution >= 0.6 is 0 Å². The van der Waals surface area contributed by atoms with Gasteiger partial charge in [-0.25, -0.2) is 0 Å². The number of carbonyl (C=O) groups excluding carboxylic acids is 2. The van der Waals surface area contributed by atoms with Crippen LogP contribution in [0.3, 0.4) is 0 Å². The first-order valence-electron chi connectivity index (χ1n) is 13.8. The van der Waals surface area contributed by atoms with Gasteiger partial charge in [0.15, 0.2) is 0 Å². The van der Waals surface area contributed by atoms with Crippen LogP contribution in [0.15, 0.2) is 0 Å². The lowest BCUT2D eigenvalue weighted by Gasteiger charge is -2.34. The molecule has 0 aliphatic rings. The summed E-state index contributed by atoms with van der Waals surface area (Å²) >= 11 is 0. The first-order valence-corrected chi connectivity index (χ1v) is 13.8. The summed E-state index contributed by atoms with van der Waals surface area (Å²) in [7, 11) is 1.95. The molecule has 3 N–H and O–H groups in total. The topological polar surface area (TPSA) is 73.5 Å². The Bertz CT molecular complexity index is 621. The van der Waals surface area contributed by atoms with Crippen LogP contribution in [0.5, 0.6) is 0 Å². The summed E-state index contributed by atoms with van der Waals surface area (Å²) < 4.78 is 0. The summed E-state index contributed by atoms with van der Waals surface area (Å²) in [5.74, 6) is 0.190. The second kappa shape index (κ2) is 15.2. The van der Waals surface area contributed by atoms with Gasteiger partial charge in [-0.05, 0) is 61.1 Å². The van der Waals surface area contributed by atoms with Crippen LogP contribution in [0.2, 0.25) is 0 Å². The zero-order valence-corrected chi connectivity index (χ0v) is 25.2. The van der Waals surface area contributed by atoms with Gasteiger partial charge in [0.05, 0.1) is 0 Å². The van der Waals surface area contributed by atoms with Gasteiger partial charge in [0.2, 0.25) is 11.8 Å². The van der Waals surface area contributed by atoms with Gasteiger partial charge in [0, 0.05) is 39.0 Å². The molecular weight excluding hydrogens is 436 g/mol. The molecule has 35 heavy (non-hydrogen) atoms. The van der Waals surface area contributed by atoms with Gasteiger partial charge in [0.25, 0.3) is 0 Å². The van der Waals surface area contributed by atoms with Crippen molar-refractivity contribution in [3.8, 4) is 0 Å². The van der Waals surface area contributed by atoms with Gasteiger partial charge < -0.3 is 20.9 Å². The van der Waals surface area contributed by atoms with E-state index in [1.807, 2.05) is 7.05 Å². The van der Waals surface area contributed by atoms with Crippen molar-refractivity contribution in [1.29, 1.82) is 0 Å². The van der Waals surface area contributed by atoms with Gasteiger partial charge in [-0.3, -0.25) is 9.59 Å². The molecule has 0 spiro atoms. The molecular formula is C29H60N4O2. The number of hydrogen-bond donors (Lipinski definition) is 3. The van der Waals surface area contributed by atoms with Crippen molar-refractivity contribution in [2.24, 2.45) is 21.7 Å². The summed E-state index contributed by atoms with van der Waals surface area (Å²) in [6.45, 7) is 27.0. The fraction of sp³-hybridized carbons (Fsp3) is 0.931. The van der Waals surface area contributed by atoms with Gasteiger partial charge >= 0.3 is 0 Å². The fourth-order valence-corrected chi connectivity index (χ4v) is 5.17. The van der Waals surface area contributed by atoms with Crippen molar-refractivity contribution in [1.82, 2.24) is 20.9 Å². The number of nitrogens with one attached hydrogen (secondary N) is 3. The van der Waals surface area contributed by atoms with Crippen molar-refractivity contribution in [2.75, 3.05) is 46.3 Å². The molecule has 0 saturated heterocycles. The highest BCUT2D eigenvalue weighted by Gasteiger charge is 2.28. The maximum Gasteiger partial charge on any atom is 0.221 e. The molecule has 0 aromatic carbocycles. The number of amides is 2. The van der Waals surface area contributed by atoms with E-state index in [0.717, 1.165) is 38.8 Å². The minimum atomic E-state index is 0.0681. The second-order valence-corrected chi connectivity index (χ2v) is 14.1. The van der Waals surface area contributed by atoms with E-state index >= 15 is 0 Å². The lowest BCUT2D eigenvalue weighted by Crippen LogP contribution is -2.40. The molecule has 0 heterocycles. The maximum absolute atomic E-state index is 12.6. The van der Waals surface area contributed by atoms with Crippen molar-refractivity contribution in [3.05, 3.63) is 0 Å². The first kappa shape index (κ1) is 33.9. The van der Waals surface area contributed by atoms with Crippen LogP contribution in [0.4, 0.5) is 0 Å². The maximum atomic E-state index is 12.6. The molecule has 0 unspecified atom stereocenters. The molecule has 0 aromatic heterocycles. The molecule has 0 aliphatic heterocycles. The van der Waals surface area contributed by atoms with Crippen LogP contribution in [0.1, 0.15) is 108 Å². The van der Waals surface area contributed by atoms with E-state index in [0.29, 0.717) is 39.0 Å². The minimum Gasteiger partial charge on any atom is -0.356 e. The van der Waals surface area contributed by atoms with E-state index in [4.69, 9.17) is 0 Å². The van der Waals surface area contributed by atoms with E-state index in [2.05, 4.69) is 90.1 Å². The second-order valence-electron chi connectivity index (χ2n) is 14.1. The van der Waals surface area contributed by atoms with Gasteiger partial charge in [-0.15, -0.1) is 0 Å². The van der Waals surface area contributed by atoms with Crippen molar-refractivity contribution >= 4 is 11.8 Å². The molecule has 0 aliphatic carbocycles. The zero-order chi connectivity index (χ0) is 27.3. The van der Waals surface area contributed by atoms with E-state index < -0.39 is 0 Å². The Hall–Kier alpha value is -1.14. The van der Waals surface area contributed by atoms with E-state index in [1.54, 1.807) is 0 Å². The molecule has 0 radical (unpaired) electrons. The van der Waals surface area contributed by atoms with Crippen molar-refractivity contribution < 1.29 is 9.59 Å².